The Balaban J connectivity index is 0.00000264. The zero-order chi connectivity index (χ0) is 16.2. The van der Waals surface area contributed by atoms with Crippen molar-refractivity contribution < 1.29 is 9.53 Å². The molecule has 1 amide bonds. The van der Waals surface area contributed by atoms with E-state index in [0.29, 0.717) is 16.7 Å². The first-order valence-corrected chi connectivity index (χ1v) is 8.20. The Morgan fingerprint density at radius 1 is 1.39 bits per heavy atom. The summed E-state index contributed by atoms with van der Waals surface area (Å²) in [7, 11) is 1.64. The Morgan fingerprint density at radius 2 is 2.04 bits per heavy atom. The number of hydrogen-bond acceptors (Lipinski definition) is 3. The summed E-state index contributed by atoms with van der Waals surface area (Å²) >= 11 is 12.1. The number of nitrogens with one attached hydrogen (secondary N) is 2. The lowest BCUT2D eigenvalue weighted by Crippen LogP contribution is -2.50. The molecule has 0 bridgehead atoms. The second-order valence-electron chi connectivity index (χ2n) is 5.82. The van der Waals surface area contributed by atoms with Gasteiger partial charge in [0.15, 0.2) is 0 Å². The van der Waals surface area contributed by atoms with Crippen molar-refractivity contribution in [2.45, 2.75) is 25.8 Å². The van der Waals surface area contributed by atoms with Gasteiger partial charge in [-0.15, -0.1) is 12.4 Å². The van der Waals surface area contributed by atoms with Crippen LogP contribution in [0.25, 0.3) is 0 Å². The molecule has 23 heavy (non-hydrogen) atoms. The topological polar surface area (TPSA) is 50.4 Å². The second-order valence-corrected chi connectivity index (χ2v) is 6.67. The minimum absolute atomic E-state index is 0. The van der Waals surface area contributed by atoms with E-state index >= 15 is 0 Å². The van der Waals surface area contributed by atoms with Gasteiger partial charge in [-0.2, -0.15) is 0 Å². The first kappa shape index (κ1) is 20.5. The quantitative estimate of drug-likeness (QED) is 0.819. The third-order valence-electron chi connectivity index (χ3n) is 4.24. The fourth-order valence-electron chi connectivity index (χ4n) is 2.90. The lowest BCUT2D eigenvalue weighted by molar-refractivity contribution is -0.136. The van der Waals surface area contributed by atoms with Gasteiger partial charge >= 0.3 is 0 Å². The smallest absolute Gasteiger partial charge is 0.229 e. The maximum Gasteiger partial charge on any atom is 0.229 e. The average molecular weight is 382 g/mol. The van der Waals surface area contributed by atoms with Gasteiger partial charge < -0.3 is 15.4 Å². The number of piperidine rings is 1. The highest BCUT2D eigenvalue weighted by Gasteiger charge is 2.40. The third kappa shape index (κ3) is 4.97. The summed E-state index contributed by atoms with van der Waals surface area (Å²) in [4.78, 5) is 12.8. The van der Waals surface area contributed by atoms with Crippen LogP contribution in [0, 0.1) is 5.41 Å². The SMILES string of the molecule is COCC1(C(=O)NC(C)c2ccc(Cl)cc2Cl)CCNCC1.Cl. The molecular weight excluding hydrogens is 359 g/mol. The Hall–Kier alpha value is -0.520. The second kappa shape index (κ2) is 9.09. The van der Waals surface area contributed by atoms with Crippen LogP contribution in [0.15, 0.2) is 18.2 Å². The predicted octanol–water partition coefficient (Wildman–Crippen LogP) is 3.61. The molecule has 1 atom stereocenters. The van der Waals surface area contributed by atoms with Crippen molar-refractivity contribution in [2.24, 2.45) is 5.41 Å². The number of rotatable bonds is 5. The molecule has 0 saturated carbocycles. The van der Waals surface area contributed by atoms with Gasteiger partial charge in [-0.3, -0.25) is 4.79 Å². The average Bonchev–Trinajstić information content (AvgIpc) is 2.48. The van der Waals surface area contributed by atoms with Crippen molar-refractivity contribution in [3.8, 4) is 0 Å². The highest BCUT2D eigenvalue weighted by molar-refractivity contribution is 6.35. The van der Waals surface area contributed by atoms with Crippen molar-refractivity contribution in [2.75, 3.05) is 26.8 Å². The zero-order valence-electron chi connectivity index (χ0n) is 13.3. The normalized spacial score (nSPS) is 17.9. The van der Waals surface area contributed by atoms with E-state index in [1.807, 2.05) is 13.0 Å². The molecule has 4 nitrogen and oxygen atoms in total. The molecule has 1 aliphatic rings. The molecular formula is C16H23Cl3N2O2. The maximum absolute atomic E-state index is 12.8. The Bertz CT molecular complexity index is 529. The van der Waals surface area contributed by atoms with Crippen LogP contribution < -0.4 is 10.6 Å². The first-order valence-electron chi connectivity index (χ1n) is 7.44. The number of halogens is 3. The summed E-state index contributed by atoms with van der Waals surface area (Å²) in [5.41, 5.74) is 0.397. The van der Waals surface area contributed by atoms with Crippen LogP contribution in [-0.4, -0.2) is 32.7 Å². The standard InChI is InChI=1S/C16H22Cl2N2O2.ClH/c1-11(13-4-3-12(17)9-14(13)18)20-15(21)16(10-22-2)5-7-19-8-6-16;/h3-4,9,11,19H,5-8,10H2,1-2H3,(H,20,21);1H. The van der Waals surface area contributed by atoms with E-state index in [1.165, 1.54) is 0 Å². The van der Waals surface area contributed by atoms with Gasteiger partial charge in [-0.25, -0.2) is 0 Å². The minimum Gasteiger partial charge on any atom is -0.384 e. The number of carbonyl (C=O) groups excluding carboxylic acids is 1. The number of ether oxygens (including phenoxy) is 1. The number of hydrogen-bond donors (Lipinski definition) is 2. The van der Waals surface area contributed by atoms with Gasteiger partial charge in [-0.1, -0.05) is 29.3 Å². The predicted molar refractivity (Wildman–Crippen MR) is 96.7 cm³/mol. The van der Waals surface area contributed by atoms with Crippen LogP contribution in [0.3, 0.4) is 0 Å². The van der Waals surface area contributed by atoms with E-state index in [4.69, 9.17) is 27.9 Å². The van der Waals surface area contributed by atoms with Crippen molar-refractivity contribution in [1.29, 1.82) is 0 Å². The number of amides is 1. The first-order chi connectivity index (χ1) is 10.5. The van der Waals surface area contributed by atoms with Crippen LogP contribution in [-0.2, 0) is 9.53 Å². The molecule has 1 aromatic carbocycles. The largest absolute Gasteiger partial charge is 0.384 e. The summed E-state index contributed by atoms with van der Waals surface area (Å²) in [5.74, 6) is 0.0226. The van der Waals surface area contributed by atoms with Gasteiger partial charge in [0, 0.05) is 17.2 Å². The fraction of sp³-hybridized carbons (Fsp3) is 0.562. The molecule has 0 aliphatic carbocycles. The monoisotopic (exact) mass is 380 g/mol. The Kier molecular flexibility index (Phi) is 8.11. The number of methoxy groups -OCH3 is 1. The van der Waals surface area contributed by atoms with Crippen LogP contribution in [0.4, 0.5) is 0 Å². The molecule has 1 aliphatic heterocycles. The molecule has 0 aromatic heterocycles. The summed E-state index contributed by atoms with van der Waals surface area (Å²) in [6.45, 7) is 4.01. The summed E-state index contributed by atoms with van der Waals surface area (Å²) in [6.07, 6.45) is 1.54. The molecule has 1 heterocycles. The van der Waals surface area contributed by atoms with Crippen molar-refractivity contribution in [3.63, 3.8) is 0 Å². The van der Waals surface area contributed by atoms with Crippen molar-refractivity contribution >= 4 is 41.5 Å². The highest BCUT2D eigenvalue weighted by atomic mass is 35.5. The molecule has 1 saturated heterocycles. The summed E-state index contributed by atoms with van der Waals surface area (Å²) < 4.78 is 5.30. The van der Waals surface area contributed by atoms with Crippen LogP contribution in [0.2, 0.25) is 10.0 Å². The minimum atomic E-state index is -0.465. The molecule has 0 radical (unpaired) electrons. The van der Waals surface area contributed by atoms with Gasteiger partial charge in [0.1, 0.15) is 0 Å². The molecule has 2 N–H and O–H groups in total. The van der Waals surface area contributed by atoms with Gasteiger partial charge in [-0.05, 0) is 50.6 Å². The number of benzene rings is 1. The third-order valence-corrected chi connectivity index (χ3v) is 4.80. The van der Waals surface area contributed by atoms with E-state index in [9.17, 15) is 4.79 Å². The van der Waals surface area contributed by atoms with E-state index in [-0.39, 0.29) is 24.4 Å². The Morgan fingerprint density at radius 3 is 2.61 bits per heavy atom. The molecule has 7 heteroatoms. The van der Waals surface area contributed by atoms with Gasteiger partial charge in [0.05, 0.1) is 18.1 Å². The number of carbonyl (C=O) groups is 1. The zero-order valence-corrected chi connectivity index (χ0v) is 15.7. The molecule has 2 rings (SSSR count). The van der Waals surface area contributed by atoms with Crippen molar-refractivity contribution in [1.82, 2.24) is 10.6 Å². The van der Waals surface area contributed by atoms with E-state index in [0.717, 1.165) is 31.5 Å². The molecule has 1 unspecified atom stereocenters. The van der Waals surface area contributed by atoms with E-state index in [2.05, 4.69) is 10.6 Å². The van der Waals surface area contributed by atoms with E-state index < -0.39 is 5.41 Å². The summed E-state index contributed by atoms with van der Waals surface area (Å²) in [5, 5.41) is 7.51. The Labute approximate surface area is 153 Å². The van der Waals surface area contributed by atoms with Gasteiger partial charge in [0.2, 0.25) is 5.91 Å². The lowest BCUT2D eigenvalue weighted by atomic mass is 9.78. The molecule has 130 valence electrons. The molecule has 1 fully saturated rings. The van der Waals surface area contributed by atoms with E-state index in [1.54, 1.807) is 19.2 Å². The van der Waals surface area contributed by atoms with Crippen LogP contribution in [0.1, 0.15) is 31.4 Å². The highest BCUT2D eigenvalue weighted by Crippen LogP contribution is 2.32. The maximum atomic E-state index is 12.8. The van der Waals surface area contributed by atoms with Crippen LogP contribution >= 0.6 is 35.6 Å². The lowest BCUT2D eigenvalue weighted by Gasteiger charge is -2.36. The summed E-state index contributed by atoms with van der Waals surface area (Å²) in [6, 6.07) is 5.14. The van der Waals surface area contributed by atoms with Gasteiger partial charge in [0.25, 0.3) is 0 Å². The van der Waals surface area contributed by atoms with Crippen LogP contribution in [0.5, 0.6) is 0 Å². The van der Waals surface area contributed by atoms with Crippen molar-refractivity contribution in [3.05, 3.63) is 33.8 Å². The fourth-order valence-corrected chi connectivity index (χ4v) is 3.47. The molecule has 1 aromatic rings. The molecule has 0 spiro atoms.